The number of nitrogens with two attached hydrogens (primary N) is 1. The lowest BCUT2D eigenvalue weighted by molar-refractivity contribution is -0.121. The fourth-order valence-electron chi connectivity index (χ4n) is 1.66. The van der Waals surface area contributed by atoms with Gasteiger partial charge in [0.15, 0.2) is 0 Å². The molecule has 0 aliphatic carbocycles. The van der Waals surface area contributed by atoms with Crippen LogP contribution in [0.2, 0.25) is 0 Å². The number of nitrogens with zero attached hydrogens (tertiary/aromatic N) is 1. The number of nitrogens with one attached hydrogen (secondary N) is 1. The molecule has 5 nitrogen and oxygen atoms in total. The van der Waals surface area contributed by atoms with Gasteiger partial charge in [0, 0.05) is 18.9 Å². The van der Waals surface area contributed by atoms with Crippen LogP contribution in [0.25, 0.3) is 0 Å². The number of amides is 1. The van der Waals surface area contributed by atoms with Gasteiger partial charge < -0.3 is 16.3 Å². The Bertz CT molecular complexity index is 404. The molecule has 4 N–H and O–H groups in total. The van der Waals surface area contributed by atoms with Crippen LogP contribution in [0.3, 0.4) is 0 Å². The van der Waals surface area contributed by atoms with Gasteiger partial charge in [-0.15, -0.1) is 0 Å². The molecule has 0 saturated carbocycles. The quantitative estimate of drug-likeness (QED) is 0.307. The highest BCUT2D eigenvalue weighted by Gasteiger charge is 2.09. The first-order valence-corrected chi connectivity index (χ1v) is 5.91. The summed E-state index contributed by atoms with van der Waals surface area (Å²) in [5, 5.41) is 14.1. The zero-order chi connectivity index (χ0) is 13.4. The molecule has 1 aromatic rings. The summed E-state index contributed by atoms with van der Waals surface area (Å²) in [4.78, 5) is 11.6. The molecule has 0 radical (unpaired) electrons. The molecule has 0 spiro atoms. The summed E-state index contributed by atoms with van der Waals surface area (Å²) >= 11 is 0. The van der Waals surface area contributed by atoms with Gasteiger partial charge in [0.05, 0.1) is 0 Å². The molecular weight excluding hydrogens is 230 g/mol. The van der Waals surface area contributed by atoms with Gasteiger partial charge in [0.25, 0.3) is 0 Å². The first-order chi connectivity index (χ1) is 8.61. The number of carbonyl (C=O) groups excluding carboxylic acids is 1. The van der Waals surface area contributed by atoms with E-state index in [1.54, 1.807) is 0 Å². The van der Waals surface area contributed by atoms with Crippen LogP contribution in [0, 0.1) is 0 Å². The number of hydrogen-bond donors (Lipinski definition) is 3. The topological polar surface area (TPSA) is 87.7 Å². The van der Waals surface area contributed by atoms with Crippen molar-refractivity contribution >= 4 is 11.7 Å². The maximum absolute atomic E-state index is 11.6. The third-order valence-corrected chi connectivity index (χ3v) is 2.53. The molecule has 0 saturated heterocycles. The molecule has 0 aliphatic rings. The molecule has 0 heterocycles. The summed E-state index contributed by atoms with van der Waals surface area (Å²) in [5.41, 5.74) is 6.50. The first-order valence-electron chi connectivity index (χ1n) is 5.91. The molecule has 0 aliphatic heterocycles. The van der Waals surface area contributed by atoms with Gasteiger partial charge in [-0.25, -0.2) is 0 Å². The Kier molecular flexibility index (Phi) is 5.70. The average molecular weight is 249 g/mol. The number of carbonyl (C=O) groups is 1. The fourth-order valence-corrected chi connectivity index (χ4v) is 1.66. The van der Waals surface area contributed by atoms with E-state index in [1.165, 1.54) is 0 Å². The van der Waals surface area contributed by atoms with Gasteiger partial charge in [0.1, 0.15) is 5.84 Å². The Labute approximate surface area is 107 Å². The molecular formula is C13H19N3O2. The van der Waals surface area contributed by atoms with Crippen LogP contribution < -0.4 is 11.1 Å². The van der Waals surface area contributed by atoms with E-state index in [9.17, 15) is 4.79 Å². The second kappa shape index (κ2) is 7.32. The molecule has 1 amide bonds. The molecule has 1 rings (SSSR count). The summed E-state index contributed by atoms with van der Waals surface area (Å²) in [5.74, 6) is 0.0861. The highest BCUT2D eigenvalue weighted by molar-refractivity contribution is 5.81. The Hall–Kier alpha value is -2.04. The highest BCUT2D eigenvalue weighted by atomic mass is 16.4. The van der Waals surface area contributed by atoms with Gasteiger partial charge in [0.2, 0.25) is 5.91 Å². The molecule has 18 heavy (non-hydrogen) atoms. The number of amidine groups is 1. The summed E-state index contributed by atoms with van der Waals surface area (Å²) in [6, 6.07) is 9.70. The van der Waals surface area contributed by atoms with Crippen molar-refractivity contribution in [2.75, 3.05) is 0 Å². The van der Waals surface area contributed by atoms with Crippen LogP contribution in [-0.4, -0.2) is 23.0 Å². The van der Waals surface area contributed by atoms with E-state index in [0.29, 0.717) is 19.3 Å². The molecule has 1 unspecified atom stereocenters. The van der Waals surface area contributed by atoms with Gasteiger partial charge in [-0.1, -0.05) is 35.5 Å². The number of rotatable bonds is 6. The Morgan fingerprint density at radius 2 is 2.11 bits per heavy atom. The van der Waals surface area contributed by atoms with Crippen molar-refractivity contribution in [3.05, 3.63) is 35.9 Å². The van der Waals surface area contributed by atoms with Crippen molar-refractivity contribution in [3.8, 4) is 0 Å². The first kappa shape index (κ1) is 14.0. The SMILES string of the molecule is CC(CC(N)=NO)NC(=O)CCc1ccccc1. The van der Waals surface area contributed by atoms with Crippen molar-refractivity contribution in [2.24, 2.45) is 10.9 Å². The van der Waals surface area contributed by atoms with E-state index in [4.69, 9.17) is 10.9 Å². The molecule has 0 bridgehead atoms. The molecule has 0 aromatic heterocycles. The fraction of sp³-hybridized carbons (Fsp3) is 0.385. The Morgan fingerprint density at radius 3 is 2.72 bits per heavy atom. The molecule has 5 heteroatoms. The van der Waals surface area contributed by atoms with Crippen LogP contribution in [0.5, 0.6) is 0 Å². The Morgan fingerprint density at radius 1 is 1.44 bits per heavy atom. The van der Waals surface area contributed by atoms with Gasteiger partial charge in [-0.3, -0.25) is 4.79 Å². The number of aryl methyl sites for hydroxylation is 1. The molecule has 0 fully saturated rings. The minimum Gasteiger partial charge on any atom is -0.409 e. The number of hydrogen-bond acceptors (Lipinski definition) is 3. The lowest BCUT2D eigenvalue weighted by atomic mass is 10.1. The van der Waals surface area contributed by atoms with Crippen molar-refractivity contribution in [3.63, 3.8) is 0 Å². The van der Waals surface area contributed by atoms with E-state index < -0.39 is 0 Å². The van der Waals surface area contributed by atoms with Crippen LogP contribution in [0.4, 0.5) is 0 Å². The number of oxime groups is 1. The predicted molar refractivity (Wildman–Crippen MR) is 70.4 cm³/mol. The third-order valence-electron chi connectivity index (χ3n) is 2.53. The zero-order valence-corrected chi connectivity index (χ0v) is 10.5. The van der Waals surface area contributed by atoms with Gasteiger partial charge in [-0.05, 0) is 18.9 Å². The van der Waals surface area contributed by atoms with Crippen molar-refractivity contribution in [1.29, 1.82) is 0 Å². The van der Waals surface area contributed by atoms with Crippen molar-refractivity contribution < 1.29 is 10.0 Å². The largest absolute Gasteiger partial charge is 0.409 e. The van der Waals surface area contributed by atoms with Crippen molar-refractivity contribution in [2.45, 2.75) is 32.2 Å². The number of benzene rings is 1. The standard InChI is InChI=1S/C13H19N3O2/c1-10(9-12(14)16-18)15-13(17)8-7-11-5-3-2-4-6-11/h2-6,10,18H,7-9H2,1H3,(H2,14,16)(H,15,17). The maximum Gasteiger partial charge on any atom is 0.220 e. The van der Waals surface area contributed by atoms with Gasteiger partial charge in [-0.2, -0.15) is 0 Å². The summed E-state index contributed by atoms with van der Waals surface area (Å²) in [6.07, 6.45) is 1.49. The van der Waals surface area contributed by atoms with E-state index >= 15 is 0 Å². The van der Waals surface area contributed by atoms with Crippen LogP contribution >= 0.6 is 0 Å². The highest BCUT2D eigenvalue weighted by Crippen LogP contribution is 2.02. The Balaban J connectivity index is 2.29. The van der Waals surface area contributed by atoms with Crippen LogP contribution in [0.1, 0.15) is 25.3 Å². The second-order valence-electron chi connectivity index (χ2n) is 4.25. The van der Waals surface area contributed by atoms with E-state index in [1.807, 2.05) is 37.3 Å². The van der Waals surface area contributed by atoms with Crippen LogP contribution in [0.15, 0.2) is 35.5 Å². The van der Waals surface area contributed by atoms with Crippen LogP contribution in [-0.2, 0) is 11.2 Å². The second-order valence-corrected chi connectivity index (χ2v) is 4.25. The molecule has 1 atom stereocenters. The zero-order valence-electron chi connectivity index (χ0n) is 10.5. The molecule has 1 aromatic carbocycles. The van der Waals surface area contributed by atoms with Crippen molar-refractivity contribution in [1.82, 2.24) is 5.32 Å². The molecule has 98 valence electrons. The summed E-state index contributed by atoms with van der Waals surface area (Å²) in [6.45, 7) is 1.82. The smallest absolute Gasteiger partial charge is 0.220 e. The lowest BCUT2D eigenvalue weighted by Gasteiger charge is -2.12. The van der Waals surface area contributed by atoms with E-state index in [-0.39, 0.29) is 17.8 Å². The lowest BCUT2D eigenvalue weighted by Crippen LogP contribution is -2.35. The predicted octanol–water partition coefficient (Wildman–Crippen LogP) is 1.26. The average Bonchev–Trinajstić information content (AvgIpc) is 2.37. The van der Waals surface area contributed by atoms with Gasteiger partial charge >= 0.3 is 0 Å². The van der Waals surface area contributed by atoms with E-state index in [0.717, 1.165) is 5.56 Å². The normalized spacial score (nSPS) is 13.1. The minimum atomic E-state index is -0.135. The third kappa shape index (κ3) is 5.34. The monoisotopic (exact) mass is 249 g/mol. The minimum absolute atomic E-state index is 0.0305. The maximum atomic E-state index is 11.6. The summed E-state index contributed by atoms with van der Waals surface area (Å²) in [7, 11) is 0. The van der Waals surface area contributed by atoms with E-state index in [2.05, 4.69) is 10.5 Å². The summed E-state index contributed by atoms with van der Waals surface area (Å²) < 4.78 is 0.